The molecule has 5 heteroatoms. The zero-order chi connectivity index (χ0) is 22.3. The molecule has 2 aromatic rings. The number of hydrogen-bond donors (Lipinski definition) is 1. The van der Waals surface area contributed by atoms with Crippen molar-refractivity contribution < 1.29 is 13.9 Å². The van der Waals surface area contributed by atoms with Crippen LogP contribution in [0.2, 0.25) is 0 Å². The van der Waals surface area contributed by atoms with Crippen molar-refractivity contribution in [2.45, 2.75) is 59.0 Å². The quantitative estimate of drug-likeness (QED) is 0.487. The van der Waals surface area contributed by atoms with E-state index in [-0.39, 0.29) is 11.7 Å². The van der Waals surface area contributed by atoms with E-state index >= 15 is 0 Å². The molecule has 1 fully saturated rings. The summed E-state index contributed by atoms with van der Waals surface area (Å²) in [4.78, 5) is 13.0. The van der Waals surface area contributed by atoms with Crippen molar-refractivity contribution in [1.29, 1.82) is 0 Å². The topological polar surface area (TPSA) is 38.3 Å². The Morgan fingerprint density at radius 2 is 1.87 bits per heavy atom. The van der Waals surface area contributed by atoms with Crippen molar-refractivity contribution in [3.05, 3.63) is 63.4 Å². The zero-order valence-corrected chi connectivity index (χ0v) is 20.1. The molecule has 0 unspecified atom stereocenters. The largest absolute Gasteiger partial charge is 0.482 e. The van der Waals surface area contributed by atoms with Gasteiger partial charge >= 0.3 is 0 Å². The Morgan fingerprint density at radius 3 is 2.55 bits per heavy atom. The molecular weight excluding hydrogens is 457 g/mol. The van der Waals surface area contributed by atoms with Crippen molar-refractivity contribution in [3.63, 3.8) is 0 Å². The van der Waals surface area contributed by atoms with Gasteiger partial charge in [-0.05, 0) is 103 Å². The lowest BCUT2D eigenvalue weighted by molar-refractivity contribution is 0.102. The summed E-state index contributed by atoms with van der Waals surface area (Å²) < 4.78 is 20.9. The number of nitrogens with one attached hydrogen (secondary N) is 1. The lowest BCUT2D eigenvalue weighted by Gasteiger charge is -2.37. The van der Waals surface area contributed by atoms with Crippen LogP contribution in [0.5, 0.6) is 5.75 Å². The van der Waals surface area contributed by atoms with Crippen molar-refractivity contribution >= 4 is 33.1 Å². The highest BCUT2D eigenvalue weighted by Crippen LogP contribution is 2.47. The number of fused-ring (bicyclic) bond motifs is 1. The third-order valence-electron chi connectivity index (χ3n) is 6.37. The fourth-order valence-corrected chi connectivity index (χ4v) is 5.11. The molecule has 0 atom stereocenters. The molecule has 0 radical (unpaired) electrons. The average Bonchev–Trinajstić information content (AvgIpc) is 2.71. The van der Waals surface area contributed by atoms with Gasteiger partial charge in [-0.2, -0.15) is 0 Å². The van der Waals surface area contributed by atoms with Crippen LogP contribution >= 0.6 is 15.9 Å². The van der Waals surface area contributed by atoms with Crippen LogP contribution < -0.4 is 10.1 Å². The van der Waals surface area contributed by atoms with Gasteiger partial charge in [-0.1, -0.05) is 25.8 Å². The van der Waals surface area contributed by atoms with Crippen LogP contribution in [0.4, 0.5) is 10.1 Å². The number of anilines is 1. The molecule has 1 aliphatic carbocycles. The second kappa shape index (κ2) is 8.42. The molecule has 0 bridgehead atoms. The Morgan fingerprint density at radius 1 is 1.16 bits per heavy atom. The molecule has 0 spiro atoms. The summed E-state index contributed by atoms with van der Waals surface area (Å²) in [6.07, 6.45) is 6.97. The normalized spacial score (nSPS) is 22.2. The third-order valence-corrected chi connectivity index (χ3v) is 6.96. The van der Waals surface area contributed by atoms with Crippen LogP contribution in [0.25, 0.3) is 5.57 Å². The van der Waals surface area contributed by atoms with Crippen LogP contribution in [0.1, 0.15) is 67.9 Å². The Labute approximate surface area is 192 Å². The van der Waals surface area contributed by atoms with Gasteiger partial charge in [0.05, 0.1) is 4.47 Å². The summed E-state index contributed by atoms with van der Waals surface area (Å²) in [6.45, 7) is 8.16. The molecule has 0 aromatic heterocycles. The standard InChI is InChI=1S/C26H29BrFNO2/c1-15-5-8-17(9-6-15)21-14-26(3,4)31-24-20(21)11-18(12-22(24)27)25(30)29-19-10-7-16(2)23(28)13-19/h7,10-15,17H,5-6,8-9H2,1-4H3,(H,29,30)/t15-,17+. The maximum absolute atomic E-state index is 13.9. The number of aryl methyl sites for hydroxylation is 1. The molecule has 1 aliphatic heterocycles. The lowest BCUT2D eigenvalue weighted by Crippen LogP contribution is -2.31. The maximum Gasteiger partial charge on any atom is 0.255 e. The van der Waals surface area contributed by atoms with E-state index in [9.17, 15) is 9.18 Å². The number of carbonyl (C=O) groups is 1. The van der Waals surface area contributed by atoms with E-state index in [2.05, 4.69) is 48.1 Å². The molecule has 1 heterocycles. The Kier molecular flexibility index (Phi) is 5.99. The number of hydrogen-bond acceptors (Lipinski definition) is 2. The Hall–Kier alpha value is -2.14. The summed E-state index contributed by atoms with van der Waals surface area (Å²) in [5.41, 5.74) is 3.35. The number of benzene rings is 2. The second-order valence-electron chi connectivity index (χ2n) is 9.51. The van der Waals surface area contributed by atoms with Crippen molar-refractivity contribution in [1.82, 2.24) is 0 Å². The Balaban J connectivity index is 1.68. The highest BCUT2D eigenvalue weighted by molar-refractivity contribution is 9.10. The van der Waals surface area contributed by atoms with E-state index in [1.54, 1.807) is 25.1 Å². The van der Waals surface area contributed by atoms with Gasteiger partial charge < -0.3 is 10.1 Å². The van der Waals surface area contributed by atoms with Gasteiger partial charge in [-0.15, -0.1) is 0 Å². The van der Waals surface area contributed by atoms with Crippen LogP contribution in [0.15, 0.2) is 40.9 Å². The molecule has 1 amide bonds. The number of halogens is 2. The molecule has 4 rings (SSSR count). The van der Waals surface area contributed by atoms with Gasteiger partial charge in [0, 0.05) is 16.8 Å². The van der Waals surface area contributed by atoms with Gasteiger partial charge in [-0.25, -0.2) is 4.39 Å². The second-order valence-corrected chi connectivity index (χ2v) is 10.4. The summed E-state index contributed by atoms with van der Waals surface area (Å²) in [5, 5.41) is 2.82. The van der Waals surface area contributed by atoms with Crippen molar-refractivity contribution in [2.24, 2.45) is 11.8 Å². The maximum atomic E-state index is 13.9. The minimum Gasteiger partial charge on any atom is -0.482 e. The van der Waals surface area contributed by atoms with Gasteiger partial charge in [0.1, 0.15) is 17.2 Å². The van der Waals surface area contributed by atoms with E-state index in [1.807, 2.05) is 6.07 Å². The van der Waals surface area contributed by atoms with Gasteiger partial charge in [0.2, 0.25) is 0 Å². The molecule has 2 aliphatic rings. The van der Waals surface area contributed by atoms with Crippen molar-refractivity contribution in [2.75, 3.05) is 5.32 Å². The summed E-state index contributed by atoms with van der Waals surface area (Å²) in [5.74, 6) is 1.42. The SMILES string of the molecule is Cc1ccc(NC(=O)c2cc(Br)c3c(c2)C([C@H]2CC[C@@H](C)CC2)=CC(C)(C)O3)cc1F. The van der Waals surface area contributed by atoms with Crippen LogP contribution in [0, 0.1) is 24.6 Å². The van der Waals surface area contributed by atoms with E-state index in [1.165, 1.54) is 24.5 Å². The predicted octanol–water partition coefficient (Wildman–Crippen LogP) is 7.53. The first-order chi connectivity index (χ1) is 14.6. The Bertz CT molecular complexity index is 1050. The molecule has 3 nitrogen and oxygen atoms in total. The average molecular weight is 486 g/mol. The molecule has 1 N–H and O–H groups in total. The van der Waals surface area contributed by atoms with Crippen LogP contribution in [0.3, 0.4) is 0 Å². The fourth-order valence-electron chi connectivity index (χ4n) is 4.57. The highest BCUT2D eigenvalue weighted by Gasteiger charge is 2.33. The highest BCUT2D eigenvalue weighted by atomic mass is 79.9. The van der Waals surface area contributed by atoms with Crippen molar-refractivity contribution in [3.8, 4) is 5.75 Å². The number of rotatable bonds is 3. The zero-order valence-electron chi connectivity index (χ0n) is 18.5. The third kappa shape index (κ3) is 4.72. The predicted molar refractivity (Wildman–Crippen MR) is 127 cm³/mol. The van der Waals surface area contributed by atoms with Gasteiger partial charge in [0.25, 0.3) is 5.91 Å². The summed E-state index contributed by atoms with van der Waals surface area (Å²) in [7, 11) is 0. The number of allylic oxidation sites excluding steroid dienone is 1. The molecule has 31 heavy (non-hydrogen) atoms. The van der Waals surface area contributed by atoms with Crippen LogP contribution in [-0.4, -0.2) is 11.5 Å². The van der Waals surface area contributed by atoms with E-state index in [0.717, 1.165) is 34.5 Å². The van der Waals surface area contributed by atoms with Crippen LogP contribution in [-0.2, 0) is 0 Å². The van der Waals surface area contributed by atoms with E-state index in [4.69, 9.17) is 4.74 Å². The molecule has 164 valence electrons. The van der Waals surface area contributed by atoms with E-state index < -0.39 is 5.60 Å². The van der Waals surface area contributed by atoms with Gasteiger partial charge in [-0.3, -0.25) is 4.79 Å². The lowest BCUT2D eigenvalue weighted by atomic mass is 9.75. The smallest absolute Gasteiger partial charge is 0.255 e. The molecular formula is C26H29BrFNO2. The molecule has 2 aromatic carbocycles. The first kappa shape index (κ1) is 22.1. The minimum atomic E-state index is -0.406. The minimum absolute atomic E-state index is 0.270. The van der Waals surface area contributed by atoms with Gasteiger partial charge in [0.15, 0.2) is 0 Å². The summed E-state index contributed by atoms with van der Waals surface area (Å²) in [6, 6.07) is 8.42. The fraction of sp³-hybridized carbons (Fsp3) is 0.423. The molecule has 1 saturated carbocycles. The van der Waals surface area contributed by atoms with E-state index in [0.29, 0.717) is 22.7 Å². The summed E-state index contributed by atoms with van der Waals surface area (Å²) >= 11 is 3.63. The number of ether oxygens (including phenoxy) is 1. The first-order valence-corrected chi connectivity index (χ1v) is 11.8. The molecule has 0 saturated heterocycles. The monoisotopic (exact) mass is 485 g/mol. The number of carbonyl (C=O) groups excluding carboxylic acids is 1. The first-order valence-electron chi connectivity index (χ1n) is 11.0. The number of amides is 1.